The van der Waals surface area contributed by atoms with E-state index in [9.17, 15) is 4.79 Å². The molecule has 3 rings (SSSR count). The molecule has 10 heteroatoms. The Balaban J connectivity index is 0.00000182. The van der Waals surface area contributed by atoms with Gasteiger partial charge < -0.3 is 19.8 Å². The van der Waals surface area contributed by atoms with E-state index in [0.717, 1.165) is 30.3 Å². The van der Waals surface area contributed by atoms with Gasteiger partial charge in [-0.2, -0.15) is 0 Å². The van der Waals surface area contributed by atoms with E-state index in [0.29, 0.717) is 25.6 Å². The Labute approximate surface area is 172 Å². The van der Waals surface area contributed by atoms with E-state index in [2.05, 4.69) is 24.3 Å². The van der Waals surface area contributed by atoms with Gasteiger partial charge in [0.1, 0.15) is 11.6 Å². The number of aryl methyl sites for hydroxylation is 1. The number of aromatic nitrogens is 5. The number of hydrogen-bond donors (Lipinski definition) is 1. The van der Waals surface area contributed by atoms with Crippen LogP contribution in [-0.4, -0.2) is 53.8 Å². The van der Waals surface area contributed by atoms with Crippen LogP contribution >= 0.6 is 24.8 Å². The van der Waals surface area contributed by atoms with E-state index in [1.165, 1.54) is 0 Å². The van der Waals surface area contributed by atoms with E-state index >= 15 is 0 Å². The Kier molecular flexibility index (Phi) is 7.83. The van der Waals surface area contributed by atoms with E-state index in [1.807, 2.05) is 25.1 Å². The first kappa shape index (κ1) is 23.4. The van der Waals surface area contributed by atoms with Gasteiger partial charge in [0.15, 0.2) is 5.82 Å². The highest BCUT2D eigenvalue weighted by atomic mass is 35.5. The van der Waals surface area contributed by atoms with Crippen LogP contribution in [0.4, 0.5) is 0 Å². The first-order chi connectivity index (χ1) is 11.8. The summed E-state index contributed by atoms with van der Waals surface area (Å²) in [6, 6.07) is 0. The van der Waals surface area contributed by atoms with Gasteiger partial charge in [-0.25, -0.2) is 4.98 Å². The maximum atomic E-state index is 12.3. The van der Waals surface area contributed by atoms with Crippen LogP contribution in [0.25, 0.3) is 0 Å². The van der Waals surface area contributed by atoms with E-state index < -0.39 is 5.54 Å². The number of nitrogens with zero attached hydrogens (tertiary/aromatic N) is 6. The molecule has 1 amide bonds. The molecule has 2 N–H and O–H groups in total. The average Bonchev–Trinajstić information content (AvgIpc) is 3.13. The third kappa shape index (κ3) is 5.00. The number of imidazole rings is 1. The van der Waals surface area contributed by atoms with Crippen molar-refractivity contribution in [2.45, 2.75) is 51.6 Å². The van der Waals surface area contributed by atoms with E-state index in [-0.39, 0.29) is 30.7 Å². The molecule has 2 aromatic heterocycles. The molecule has 2 aromatic rings. The molecule has 1 aliphatic heterocycles. The summed E-state index contributed by atoms with van der Waals surface area (Å²) in [5.41, 5.74) is 5.12. The molecule has 0 spiro atoms. The molecule has 1 aliphatic rings. The summed E-state index contributed by atoms with van der Waals surface area (Å²) in [4.78, 5) is 18.4. The summed E-state index contributed by atoms with van der Waals surface area (Å²) in [7, 11) is 2.01. The van der Waals surface area contributed by atoms with Crippen molar-refractivity contribution in [3.63, 3.8) is 0 Å². The Morgan fingerprint density at radius 1 is 1.26 bits per heavy atom. The lowest BCUT2D eigenvalue weighted by molar-refractivity contribution is -0.136. The monoisotopic (exact) mass is 417 g/mol. The number of likely N-dealkylation sites (tertiary alicyclic amines) is 1. The van der Waals surface area contributed by atoms with E-state index in [4.69, 9.17) is 5.73 Å². The number of piperidine rings is 1. The predicted molar refractivity (Wildman–Crippen MR) is 108 cm³/mol. The van der Waals surface area contributed by atoms with E-state index in [1.54, 1.807) is 20.0 Å². The van der Waals surface area contributed by atoms with Gasteiger partial charge in [0.25, 0.3) is 0 Å². The third-order valence-electron chi connectivity index (χ3n) is 4.93. The molecule has 0 saturated carbocycles. The quantitative estimate of drug-likeness (QED) is 0.815. The zero-order valence-corrected chi connectivity index (χ0v) is 17.9. The second-order valence-corrected chi connectivity index (χ2v) is 7.42. The van der Waals surface area contributed by atoms with Gasteiger partial charge in [0, 0.05) is 38.4 Å². The summed E-state index contributed by atoms with van der Waals surface area (Å²) in [6.45, 7) is 7.58. The van der Waals surface area contributed by atoms with Gasteiger partial charge in [0.2, 0.25) is 5.91 Å². The zero-order valence-electron chi connectivity index (χ0n) is 16.3. The SMILES string of the molecule is Cc1nccn1Cc1nnc(C2CCN(C(=O)C(C)(C)N)CC2)n1C.Cl.Cl. The second-order valence-electron chi connectivity index (χ2n) is 7.42. The number of hydrogen-bond acceptors (Lipinski definition) is 5. The van der Waals surface area contributed by atoms with Crippen LogP contribution in [0.3, 0.4) is 0 Å². The summed E-state index contributed by atoms with van der Waals surface area (Å²) in [6.07, 6.45) is 5.51. The molecule has 8 nitrogen and oxygen atoms in total. The zero-order chi connectivity index (χ0) is 18.2. The number of halogens is 2. The lowest BCUT2D eigenvalue weighted by atomic mass is 9.94. The fourth-order valence-electron chi connectivity index (χ4n) is 3.34. The van der Waals surface area contributed by atoms with Gasteiger partial charge in [-0.05, 0) is 33.6 Å². The Hall–Kier alpha value is -1.64. The molecule has 0 radical (unpaired) electrons. The molecule has 1 fully saturated rings. The molecular weight excluding hydrogens is 389 g/mol. The van der Waals surface area contributed by atoms with Crippen molar-refractivity contribution in [1.82, 2.24) is 29.2 Å². The van der Waals surface area contributed by atoms with Crippen LogP contribution in [0.5, 0.6) is 0 Å². The standard InChI is InChI=1S/C17H27N7O.2ClH/c1-12-19-7-10-24(12)11-14-20-21-15(22(14)4)13-5-8-23(9-6-13)16(25)17(2,3)18;;/h7,10,13H,5-6,8-9,11,18H2,1-4H3;2*1H. The van der Waals surface area contributed by atoms with Crippen molar-refractivity contribution in [2.75, 3.05) is 13.1 Å². The minimum atomic E-state index is -0.812. The van der Waals surface area contributed by atoms with Crippen LogP contribution in [0.2, 0.25) is 0 Å². The topological polar surface area (TPSA) is 94.9 Å². The number of carbonyl (C=O) groups is 1. The average molecular weight is 418 g/mol. The molecule has 0 atom stereocenters. The maximum absolute atomic E-state index is 12.3. The van der Waals surface area contributed by atoms with Crippen molar-refractivity contribution in [2.24, 2.45) is 12.8 Å². The number of rotatable bonds is 4. The Morgan fingerprint density at radius 3 is 2.41 bits per heavy atom. The van der Waals surface area contributed by atoms with Crippen molar-refractivity contribution < 1.29 is 4.79 Å². The van der Waals surface area contributed by atoms with Crippen LogP contribution < -0.4 is 5.73 Å². The van der Waals surface area contributed by atoms with Crippen LogP contribution in [0.1, 0.15) is 50.1 Å². The molecular formula is C17H29Cl2N7O. The lowest BCUT2D eigenvalue weighted by Crippen LogP contribution is -2.53. The molecule has 3 heterocycles. The van der Waals surface area contributed by atoms with Gasteiger partial charge in [-0.1, -0.05) is 0 Å². The normalized spacial score (nSPS) is 15.2. The fourth-order valence-corrected chi connectivity index (χ4v) is 3.34. The summed E-state index contributed by atoms with van der Waals surface area (Å²) in [5.74, 6) is 3.20. The lowest BCUT2D eigenvalue weighted by Gasteiger charge is -2.35. The number of nitrogens with two attached hydrogens (primary N) is 1. The van der Waals surface area contributed by atoms with Gasteiger partial charge in [0.05, 0.1) is 12.1 Å². The second kappa shape index (κ2) is 9.03. The molecule has 0 unspecified atom stereocenters. The molecule has 1 saturated heterocycles. The van der Waals surface area contributed by atoms with Gasteiger partial charge >= 0.3 is 0 Å². The highest BCUT2D eigenvalue weighted by molar-refractivity contribution is 5.86. The first-order valence-electron chi connectivity index (χ1n) is 8.71. The predicted octanol–water partition coefficient (Wildman–Crippen LogP) is 1.66. The number of carbonyl (C=O) groups excluding carboxylic acids is 1. The van der Waals surface area contributed by atoms with Crippen molar-refractivity contribution in [1.29, 1.82) is 0 Å². The van der Waals surface area contributed by atoms with Crippen molar-refractivity contribution in [3.05, 3.63) is 29.9 Å². The third-order valence-corrected chi connectivity index (χ3v) is 4.93. The molecule has 0 aromatic carbocycles. The molecule has 0 aliphatic carbocycles. The van der Waals surface area contributed by atoms with Crippen LogP contribution in [0.15, 0.2) is 12.4 Å². The van der Waals surface area contributed by atoms with Crippen LogP contribution in [0, 0.1) is 6.92 Å². The van der Waals surface area contributed by atoms with Crippen molar-refractivity contribution >= 4 is 30.7 Å². The molecule has 27 heavy (non-hydrogen) atoms. The van der Waals surface area contributed by atoms with Crippen LogP contribution in [-0.2, 0) is 18.4 Å². The Morgan fingerprint density at radius 2 is 1.89 bits per heavy atom. The fraction of sp³-hybridized carbons (Fsp3) is 0.647. The highest BCUT2D eigenvalue weighted by Gasteiger charge is 2.32. The minimum Gasteiger partial charge on any atom is -0.341 e. The summed E-state index contributed by atoms with van der Waals surface area (Å²) >= 11 is 0. The molecule has 152 valence electrons. The molecule has 0 bridgehead atoms. The smallest absolute Gasteiger partial charge is 0.242 e. The minimum absolute atomic E-state index is 0. The summed E-state index contributed by atoms with van der Waals surface area (Å²) < 4.78 is 4.13. The van der Waals surface area contributed by atoms with Gasteiger partial charge in [-0.15, -0.1) is 35.0 Å². The number of amides is 1. The summed E-state index contributed by atoms with van der Waals surface area (Å²) in [5, 5.41) is 8.78. The highest BCUT2D eigenvalue weighted by Crippen LogP contribution is 2.27. The maximum Gasteiger partial charge on any atom is 0.242 e. The first-order valence-corrected chi connectivity index (χ1v) is 8.71. The Bertz CT molecular complexity index is 758. The van der Waals surface area contributed by atoms with Gasteiger partial charge in [-0.3, -0.25) is 4.79 Å². The largest absolute Gasteiger partial charge is 0.341 e. The van der Waals surface area contributed by atoms with Crippen molar-refractivity contribution in [3.8, 4) is 0 Å².